The van der Waals surface area contributed by atoms with Crippen molar-refractivity contribution in [2.45, 2.75) is 68.9 Å². The molecule has 0 aliphatic rings. The van der Waals surface area contributed by atoms with Gasteiger partial charge in [0.25, 0.3) is 0 Å². The molecule has 3 unspecified atom stereocenters. The first-order valence-corrected chi connectivity index (χ1v) is 9.24. The summed E-state index contributed by atoms with van der Waals surface area (Å²) < 4.78 is 0. The van der Waals surface area contributed by atoms with E-state index in [4.69, 9.17) is 20.4 Å². The largest absolute Gasteiger partial charge is 0.478 e. The monoisotopic (exact) mass is 420 g/mol. The van der Waals surface area contributed by atoms with Gasteiger partial charge in [-0.15, -0.1) is 0 Å². The number of carbonyl (C=O) groups is 2. The summed E-state index contributed by atoms with van der Waals surface area (Å²) in [6, 6.07) is 0. The highest BCUT2D eigenvalue weighted by Crippen LogP contribution is 2.31. The number of carboxylic acid groups (broad SMARTS) is 2. The standard InChI is InChI=1S/C19H32O10/c1-13(17(26)27)10-18(28,5-2-16(24)25)6-7-19(29,11-14(22)3-8-20)12-15(23)4-9-21/h2,5,10,14-15,20-23,28-29H,3-4,6-9,11-12H2,1H3,(H,24,25)(H,26,27). The van der Waals surface area contributed by atoms with Gasteiger partial charge in [0, 0.05) is 37.7 Å². The Kier molecular flexibility index (Phi) is 11.9. The minimum atomic E-state index is -2.02. The van der Waals surface area contributed by atoms with Gasteiger partial charge in [0.2, 0.25) is 0 Å². The van der Waals surface area contributed by atoms with Gasteiger partial charge < -0.3 is 40.9 Å². The zero-order valence-electron chi connectivity index (χ0n) is 16.4. The Labute approximate surface area is 169 Å². The predicted octanol–water partition coefficient (Wildman–Crippen LogP) is -0.833. The smallest absolute Gasteiger partial charge is 0.331 e. The molecular weight excluding hydrogens is 388 g/mol. The molecule has 0 rings (SSSR count). The highest BCUT2D eigenvalue weighted by atomic mass is 16.4. The minimum Gasteiger partial charge on any atom is -0.478 e. The number of hydrogen-bond donors (Lipinski definition) is 8. The van der Waals surface area contributed by atoms with Gasteiger partial charge >= 0.3 is 11.9 Å². The fraction of sp³-hybridized carbons (Fsp3) is 0.684. The molecule has 0 fully saturated rings. The molecule has 0 amide bonds. The molecule has 0 saturated heterocycles. The number of rotatable bonds is 15. The number of carboxylic acids is 2. The van der Waals surface area contributed by atoms with Crippen molar-refractivity contribution in [3.63, 3.8) is 0 Å². The summed E-state index contributed by atoms with van der Waals surface area (Å²) in [5.41, 5.74) is -3.98. The van der Waals surface area contributed by atoms with Crippen LogP contribution in [-0.2, 0) is 9.59 Å². The highest BCUT2D eigenvalue weighted by Gasteiger charge is 2.35. The third-order valence-corrected chi connectivity index (χ3v) is 4.46. The second-order valence-electron chi connectivity index (χ2n) is 7.26. The number of aliphatic hydroxyl groups excluding tert-OH is 4. The average molecular weight is 420 g/mol. The average Bonchev–Trinajstić information content (AvgIpc) is 2.58. The quantitative estimate of drug-likeness (QED) is 0.155. The van der Waals surface area contributed by atoms with E-state index in [9.17, 15) is 30.0 Å². The van der Waals surface area contributed by atoms with Gasteiger partial charge in [-0.2, -0.15) is 0 Å². The molecule has 3 atom stereocenters. The molecule has 0 saturated carbocycles. The van der Waals surface area contributed by atoms with Crippen LogP contribution in [0.5, 0.6) is 0 Å². The molecule has 168 valence electrons. The van der Waals surface area contributed by atoms with E-state index in [1.54, 1.807) is 0 Å². The summed E-state index contributed by atoms with van der Waals surface area (Å²) in [5.74, 6) is -2.68. The lowest BCUT2D eigenvalue weighted by atomic mass is 9.80. The Morgan fingerprint density at radius 1 is 0.931 bits per heavy atom. The van der Waals surface area contributed by atoms with E-state index in [0.717, 1.165) is 12.2 Å². The van der Waals surface area contributed by atoms with Crippen molar-refractivity contribution in [2.75, 3.05) is 13.2 Å². The van der Waals surface area contributed by atoms with Gasteiger partial charge in [-0.3, -0.25) is 0 Å². The maximum Gasteiger partial charge on any atom is 0.331 e. The number of aliphatic hydroxyl groups is 6. The topological polar surface area (TPSA) is 196 Å². The van der Waals surface area contributed by atoms with Crippen LogP contribution < -0.4 is 0 Å². The zero-order chi connectivity index (χ0) is 22.7. The Bertz CT molecular complexity index is 572. The fourth-order valence-electron chi connectivity index (χ4n) is 2.96. The van der Waals surface area contributed by atoms with Crippen LogP contribution in [0.15, 0.2) is 23.8 Å². The lowest BCUT2D eigenvalue weighted by Crippen LogP contribution is -2.40. The summed E-state index contributed by atoms with van der Waals surface area (Å²) in [5, 5.41) is 77.3. The molecule has 0 bridgehead atoms. The third kappa shape index (κ3) is 11.7. The summed E-state index contributed by atoms with van der Waals surface area (Å²) in [6.45, 7) is 0.550. The molecule has 0 heterocycles. The van der Waals surface area contributed by atoms with Crippen molar-refractivity contribution < 1.29 is 50.4 Å². The van der Waals surface area contributed by atoms with E-state index in [1.807, 2.05) is 0 Å². The van der Waals surface area contributed by atoms with Crippen LogP contribution in [0.3, 0.4) is 0 Å². The van der Waals surface area contributed by atoms with Gasteiger partial charge in [-0.05, 0) is 44.8 Å². The van der Waals surface area contributed by atoms with Crippen LogP contribution in [0.2, 0.25) is 0 Å². The van der Waals surface area contributed by atoms with Gasteiger partial charge in [0.1, 0.15) is 5.60 Å². The lowest BCUT2D eigenvalue weighted by molar-refractivity contribution is -0.133. The first kappa shape index (κ1) is 27.2. The summed E-state index contributed by atoms with van der Waals surface area (Å²) in [4.78, 5) is 21.9. The Morgan fingerprint density at radius 2 is 1.41 bits per heavy atom. The van der Waals surface area contributed by atoms with Crippen LogP contribution in [-0.4, -0.2) is 89.4 Å². The van der Waals surface area contributed by atoms with Crippen LogP contribution in [0, 0.1) is 0 Å². The SMILES string of the molecule is CC(=CC(O)(C=CC(=O)O)CCC(O)(CC(O)CCO)CC(O)CCO)C(=O)O. The van der Waals surface area contributed by atoms with Crippen molar-refractivity contribution in [3.05, 3.63) is 23.8 Å². The molecule has 0 radical (unpaired) electrons. The Hall–Kier alpha value is -1.82. The van der Waals surface area contributed by atoms with Crippen LogP contribution >= 0.6 is 0 Å². The molecule has 0 spiro atoms. The van der Waals surface area contributed by atoms with Gasteiger partial charge in [0.05, 0.1) is 17.8 Å². The molecule has 10 nitrogen and oxygen atoms in total. The van der Waals surface area contributed by atoms with Crippen molar-refractivity contribution in [3.8, 4) is 0 Å². The van der Waals surface area contributed by atoms with E-state index in [0.29, 0.717) is 6.08 Å². The molecule has 0 aromatic carbocycles. The fourth-order valence-corrected chi connectivity index (χ4v) is 2.96. The van der Waals surface area contributed by atoms with Crippen molar-refractivity contribution in [1.82, 2.24) is 0 Å². The number of hydrogen-bond acceptors (Lipinski definition) is 8. The first-order chi connectivity index (χ1) is 13.4. The summed E-state index contributed by atoms with van der Waals surface area (Å²) in [7, 11) is 0. The highest BCUT2D eigenvalue weighted by molar-refractivity contribution is 5.86. The molecule has 29 heavy (non-hydrogen) atoms. The molecule has 0 aromatic heterocycles. The minimum absolute atomic E-state index is 0.0282. The van der Waals surface area contributed by atoms with E-state index in [-0.39, 0.29) is 57.3 Å². The predicted molar refractivity (Wildman–Crippen MR) is 102 cm³/mol. The van der Waals surface area contributed by atoms with Crippen LogP contribution in [0.4, 0.5) is 0 Å². The zero-order valence-corrected chi connectivity index (χ0v) is 16.4. The first-order valence-electron chi connectivity index (χ1n) is 9.24. The Balaban J connectivity index is 5.64. The molecule has 0 aliphatic heterocycles. The molecular formula is C19H32O10. The van der Waals surface area contributed by atoms with Crippen molar-refractivity contribution >= 4 is 11.9 Å². The van der Waals surface area contributed by atoms with Gasteiger partial charge in [-0.1, -0.05) is 0 Å². The van der Waals surface area contributed by atoms with Gasteiger partial charge in [0.15, 0.2) is 0 Å². The molecule has 0 aromatic rings. The van der Waals surface area contributed by atoms with Crippen LogP contribution in [0.25, 0.3) is 0 Å². The Morgan fingerprint density at radius 3 is 1.79 bits per heavy atom. The van der Waals surface area contributed by atoms with Crippen molar-refractivity contribution in [2.24, 2.45) is 0 Å². The normalized spacial score (nSPS) is 18.8. The van der Waals surface area contributed by atoms with E-state index in [1.165, 1.54) is 6.92 Å². The van der Waals surface area contributed by atoms with E-state index in [2.05, 4.69) is 0 Å². The third-order valence-electron chi connectivity index (χ3n) is 4.46. The summed E-state index contributed by atoms with van der Waals surface area (Å²) in [6.07, 6.45) is -0.842. The molecule has 8 N–H and O–H groups in total. The molecule has 10 heteroatoms. The molecule has 0 aliphatic carbocycles. The van der Waals surface area contributed by atoms with Gasteiger partial charge in [-0.25, -0.2) is 9.59 Å². The van der Waals surface area contributed by atoms with E-state index < -0.39 is 35.3 Å². The van der Waals surface area contributed by atoms with E-state index >= 15 is 0 Å². The second kappa shape index (κ2) is 12.7. The second-order valence-corrected chi connectivity index (χ2v) is 7.26. The maximum absolute atomic E-state index is 11.1. The maximum atomic E-state index is 11.1. The number of aliphatic carboxylic acids is 2. The van der Waals surface area contributed by atoms with Crippen molar-refractivity contribution in [1.29, 1.82) is 0 Å². The van der Waals surface area contributed by atoms with Crippen LogP contribution in [0.1, 0.15) is 45.4 Å². The summed E-state index contributed by atoms with van der Waals surface area (Å²) >= 11 is 0. The lowest BCUT2D eigenvalue weighted by Gasteiger charge is -2.34.